The summed E-state index contributed by atoms with van der Waals surface area (Å²) in [6, 6.07) is 4.11. The summed E-state index contributed by atoms with van der Waals surface area (Å²) >= 11 is 0. The van der Waals surface area contributed by atoms with E-state index in [9.17, 15) is 10.1 Å². The number of rotatable bonds is 3. The lowest BCUT2D eigenvalue weighted by molar-refractivity contribution is -0.138. The van der Waals surface area contributed by atoms with Crippen molar-refractivity contribution in [2.45, 2.75) is 39.2 Å². The van der Waals surface area contributed by atoms with Crippen molar-refractivity contribution in [3.05, 3.63) is 23.7 Å². The van der Waals surface area contributed by atoms with Gasteiger partial charge in [-0.2, -0.15) is 5.26 Å². The van der Waals surface area contributed by atoms with Crippen LogP contribution < -0.4 is 0 Å². The summed E-state index contributed by atoms with van der Waals surface area (Å²) < 4.78 is 5.22. The van der Waals surface area contributed by atoms with Gasteiger partial charge in [0, 0.05) is 19.2 Å². The molecule has 0 atom stereocenters. The van der Waals surface area contributed by atoms with E-state index in [-0.39, 0.29) is 5.91 Å². The average molecular weight is 246 g/mol. The Morgan fingerprint density at radius 1 is 1.56 bits per heavy atom. The normalized spacial score (nSPS) is 17.4. The molecule has 1 aliphatic rings. The summed E-state index contributed by atoms with van der Waals surface area (Å²) in [6.45, 7) is 2.38. The zero-order valence-corrected chi connectivity index (χ0v) is 10.9. The van der Waals surface area contributed by atoms with E-state index in [2.05, 4.69) is 6.07 Å². The SMILES string of the molecule is Cc1occc1CN(C)C(=O)C1(C#N)CCCC1. The molecule has 1 aliphatic carbocycles. The van der Waals surface area contributed by atoms with Gasteiger partial charge < -0.3 is 9.32 Å². The fraction of sp³-hybridized carbons (Fsp3) is 0.571. The minimum Gasteiger partial charge on any atom is -0.469 e. The third-order valence-corrected chi connectivity index (χ3v) is 3.80. The van der Waals surface area contributed by atoms with Crippen molar-refractivity contribution in [1.82, 2.24) is 4.90 Å². The molecule has 4 nitrogen and oxygen atoms in total. The lowest BCUT2D eigenvalue weighted by atomic mass is 9.86. The molecule has 18 heavy (non-hydrogen) atoms. The van der Waals surface area contributed by atoms with Crippen LogP contribution in [0, 0.1) is 23.7 Å². The second-order valence-corrected chi connectivity index (χ2v) is 5.06. The number of carbonyl (C=O) groups excluding carboxylic acids is 1. The number of hydrogen-bond acceptors (Lipinski definition) is 3. The van der Waals surface area contributed by atoms with E-state index in [0.717, 1.165) is 24.2 Å². The fourth-order valence-electron chi connectivity index (χ4n) is 2.62. The summed E-state index contributed by atoms with van der Waals surface area (Å²) in [7, 11) is 1.76. The Hall–Kier alpha value is -1.76. The van der Waals surface area contributed by atoms with Crippen LogP contribution in [0.2, 0.25) is 0 Å². The number of amides is 1. The Bertz CT molecular complexity index is 478. The number of furan rings is 1. The third-order valence-electron chi connectivity index (χ3n) is 3.80. The lowest BCUT2D eigenvalue weighted by Gasteiger charge is -2.26. The molecule has 0 N–H and O–H groups in total. The van der Waals surface area contributed by atoms with Gasteiger partial charge in [-0.05, 0) is 25.8 Å². The Balaban J connectivity index is 2.10. The zero-order chi connectivity index (χ0) is 13.2. The highest BCUT2D eigenvalue weighted by atomic mass is 16.3. The quantitative estimate of drug-likeness (QED) is 0.823. The number of nitriles is 1. The maximum atomic E-state index is 12.4. The van der Waals surface area contributed by atoms with Crippen molar-refractivity contribution in [3.63, 3.8) is 0 Å². The van der Waals surface area contributed by atoms with Crippen molar-refractivity contribution < 1.29 is 9.21 Å². The van der Waals surface area contributed by atoms with Crippen molar-refractivity contribution >= 4 is 5.91 Å². The number of nitrogens with zero attached hydrogens (tertiary/aromatic N) is 2. The molecule has 0 bridgehead atoms. The molecular weight excluding hydrogens is 228 g/mol. The lowest BCUT2D eigenvalue weighted by Crippen LogP contribution is -2.39. The van der Waals surface area contributed by atoms with E-state index in [4.69, 9.17) is 4.42 Å². The number of hydrogen-bond donors (Lipinski definition) is 0. The molecule has 0 aromatic carbocycles. The first-order valence-corrected chi connectivity index (χ1v) is 6.29. The van der Waals surface area contributed by atoms with Gasteiger partial charge in [-0.3, -0.25) is 4.79 Å². The minimum atomic E-state index is -0.785. The molecule has 4 heteroatoms. The summed E-state index contributed by atoms with van der Waals surface area (Å²) in [5.41, 5.74) is 0.212. The maximum absolute atomic E-state index is 12.4. The van der Waals surface area contributed by atoms with Crippen molar-refractivity contribution in [2.75, 3.05) is 7.05 Å². The summed E-state index contributed by atoms with van der Waals surface area (Å²) in [6.07, 6.45) is 4.95. The Morgan fingerprint density at radius 2 is 2.22 bits per heavy atom. The summed E-state index contributed by atoms with van der Waals surface area (Å²) in [5, 5.41) is 9.30. The largest absolute Gasteiger partial charge is 0.469 e. The van der Waals surface area contributed by atoms with E-state index in [0.29, 0.717) is 19.4 Å². The molecule has 96 valence electrons. The smallest absolute Gasteiger partial charge is 0.243 e. The minimum absolute atomic E-state index is 0.0527. The molecule has 0 saturated heterocycles. The Labute approximate surface area is 107 Å². The summed E-state index contributed by atoms with van der Waals surface area (Å²) in [4.78, 5) is 14.1. The van der Waals surface area contributed by atoms with Gasteiger partial charge in [0.1, 0.15) is 11.2 Å². The van der Waals surface area contributed by atoms with Crippen molar-refractivity contribution in [3.8, 4) is 6.07 Å². The molecule has 1 heterocycles. The van der Waals surface area contributed by atoms with Gasteiger partial charge in [-0.25, -0.2) is 0 Å². The van der Waals surface area contributed by atoms with Crippen LogP contribution in [0.5, 0.6) is 0 Å². The highest BCUT2D eigenvalue weighted by Crippen LogP contribution is 2.39. The van der Waals surface area contributed by atoms with E-state index in [1.807, 2.05) is 13.0 Å². The highest BCUT2D eigenvalue weighted by molar-refractivity contribution is 5.85. The van der Waals surface area contributed by atoms with E-state index in [1.54, 1.807) is 18.2 Å². The molecular formula is C14H18N2O2. The second-order valence-electron chi connectivity index (χ2n) is 5.06. The van der Waals surface area contributed by atoms with Gasteiger partial charge in [-0.15, -0.1) is 0 Å². The molecule has 1 aromatic rings. The first kappa shape index (κ1) is 12.7. The van der Waals surface area contributed by atoms with Crippen molar-refractivity contribution in [1.29, 1.82) is 5.26 Å². The molecule has 1 amide bonds. The third kappa shape index (κ3) is 2.13. The molecule has 1 saturated carbocycles. The van der Waals surface area contributed by atoms with Gasteiger partial charge in [0.05, 0.1) is 12.3 Å². The summed E-state index contributed by atoms with van der Waals surface area (Å²) in [5.74, 6) is 0.773. The second kappa shape index (κ2) is 4.85. The molecule has 0 aliphatic heterocycles. The maximum Gasteiger partial charge on any atom is 0.243 e. The Kier molecular flexibility index (Phi) is 3.42. The van der Waals surface area contributed by atoms with E-state index < -0.39 is 5.41 Å². The molecule has 0 spiro atoms. The van der Waals surface area contributed by atoms with E-state index >= 15 is 0 Å². The Morgan fingerprint density at radius 3 is 2.72 bits per heavy atom. The van der Waals surface area contributed by atoms with Gasteiger partial charge in [0.2, 0.25) is 5.91 Å². The molecule has 0 unspecified atom stereocenters. The van der Waals surface area contributed by atoms with Crippen LogP contribution in [0.3, 0.4) is 0 Å². The van der Waals surface area contributed by atoms with Crippen LogP contribution >= 0.6 is 0 Å². The van der Waals surface area contributed by atoms with Gasteiger partial charge in [-0.1, -0.05) is 12.8 Å². The van der Waals surface area contributed by atoms with Crippen LogP contribution in [-0.2, 0) is 11.3 Å². The van der Waals surface area contributed by atoms with Crippen LogP contribution in [0.25, 0.3) is 0 Å². The van der Waals surface area contributed by atoms with Gasteiger partial charge in [0.25, 0.3) is 0 Å². The van der Waals surface area contributed by atoms with Gasteiger partial charge in [0.15, 0.2) is 0 Å². The topological polar surface area (TPSA) is 57.2 Å². The molecule has 2 rings (SSSR count). The van der Waals surface area contributed by atoms with Gasteiger partial charge >= 0.3 is 0 Å². The van der Waals surface area contributed by atoms with Crippen LogP contribution in [-0.4, -0.2) is 17.9 Å². The van der Waals surface area contributed by atoms with E-state index in [1.165, 1.54) is 0 Å². The fourth-order valence-corrected chi connectivity index (χ4v) is 2.62. The van der Waals surface area contributed by atoms with Crippen LogP contribution in [0.15, 0.2) is 16.7 Å². The highest BCUT2D eigenvalue weighted by Gasteiger charge is 2.43. The first-order chi connectivity index (χ1) is 8.59. The first-order valence-electron chi connectivity index (χ1n) is 6.29. The predicted octanol–water partition coefficient (Wildman–Crippen LogP) is 2.63. The van der Waals surface area contributed by atoms with Crippen molar-refractivity contribution in [2.24, 2.45) is 5.41 Å². The van der Waals surface area contributed by atoms with Crippen LogP contribution in [0.1, 0.15) is 37.0 Å². The molecule has 1 aromatic heterocycles. The monoisotopic (exact) mass is 246 g/mol. The number of aryl methyl sites for hydroxylation is 1. The predicted molar refractivity (Wildman–Crippen MR) is 66.4 cm³/mol. The molecule has 1 fully saturated rings. The molecule has 0 radical (unpaired) electrons. The average Bonchev–Trinajstić information content (AvgIpc) is 2.99. The zero-order valence-electron chi connectivity index (χ0n) is 10.9. The standard InChI is InChI=1S/C14H18N2O2/c1-11-12(5-8-18-11)9-16(2)13(17)14(10-15)6-3-4-7-14/h5,8H,3-4,6-7,9H2,1-2H3. The van der Waals surface area contributed by atoms with Crippen LogP contribution in [0.4, 0.5) is 0 Å². The number of carbonyl (C=O) groups is 1.